The number of aliphatic hydroxyl groups excluding tert-OH is 1. The number of carbonyl (C=O) groups excluding carboxylic acids is 1. The number of amides is 1. The molecule has 0 saturated heterocycles. The third-order valence-electron chi connectivity index (χ3n) is 3.66. The van der Waals surface area contributed by atoms with Gasteiger partial charge in [0, 0.05) is 24.4 Å². The van der Waals surface area contributed by atoms with Crippen molar-refractivity contribution in [2.45, 2.75) is 108 Å². The molecule has 1 atom stereocenters. The molecule has 0 aliphatic carbocycles. The van der Waals surface area contributed by atoms with Crippen LogP contribution in [0.4, 0.5) is 4.79 Å². The fourth-order valence-corrected chi connectivity index (χ4v) is 2.27. The Balaban J connectivity index is -0.00000111. The molecule has 6 heteroatoms. The minimum atomic E-state index is -0.659. The first-order valence-electron chi connectivity index (χ1n) is 11.3. The van der Waals surface area contributed by atoms with E-state index in [0.29, 0.717) is 18.8 Å². The number of aliphatic hydroxyl groups is 1. The minimum Gasteiger partial charge on any atom is -0.444 e. The maximum atomic E-state index is 11.7. The highest BCUT2D eigenvalue weighted by atomic mass is 16.6. The van der Waals surface area contributed by atoms with E-state index >= 15 is 0 Å². The summed E-state index contributed by atoms with van der Waals surface area (Å²) in [7, 11) is 0. The van der Waals surface area contributed by atoms with Crippen LogP contribution in [0.3, 0.4) is 0 Å². The average Bonchev–Trinajstić information content (AvgIpc) is 2.99. The van der Waals surface area contributed by atoms with Crippen molar-refractivity contribution in [1.82, 2.24) is 14.9 Å². The standard InChI is InChI=1S/C18H31N3O3.3C2H6/c1-11(2)15(22)16-20-13(4)14(5)21(16)12(3)9-10-19-17(23)24-18(6,7)8;3*1-2/h11,15,22H,3,9-10H2,1-2,4-8H3,(H,19,23);3*1-2H3. The third-order valence-corrected chi connectivity index (χ3v) is 3.66. The predicted molar refractivity (Wildman–Crippen MR) is 130 cm³/mol. The Morgan fingerprint density at radius 1 is 1.13 bits per heavy atom. The molecule has 0 aromatic carbocycles. The molecule has 0 saturated carbocycles. The maximum Gasteiger partial charge on any atom is 0.407 e. The van der Waals surface area contributed by atoms with Gasteiger partial charge in [0.15, 0.2) is 0 Å². The van der Waals surface area contributed by atoms with Gasteiger partial charge in [0.1, 0.15) is 17.5 Å². The number of aromatic nitrogens is 2. The Morgan fingerprint density at radius 2 is 1.60 bits per heavy atom. The summed E-state index contributed by atoms with van der Waals surface area (Å²) in [5.74, 6) is 0.653. The molecule has 1 aromatic rings. The lowest BCUT2D eigenvalue weighted by atomic mass is 10.1. The first kappa shape index (κ1) is 32.8. The number of hydrogen-bond donors (Lipinski definition) is 2. The first-order chi connectivity index (χ1) is 13.9. The van der Waals surface area contributed by atoms with E-state index in [4.69, 9.17) is 4.74 Å². The Kier molecular flexibility index (Phi) is 18.5. The van der Waals surface area contributed by atoms with Crippen molar-refractivity contribution >= 4 is 11.8 Å². The van der Waals surface area contributed by atoms with Crippen molar-refractivity contribution in [3.05, 3.63) is 23.8 Å². The quantitative estimate of drug-likeness (QED) is 0.532. The maximum absolute atomic E-state index is 11.7. The van der Waals surface area contributed by atoms with Gasteiger partial charge in [0.2, 0.25) is 0 Å². The van der Waals surface area contributed by atoms with Crippen molar-refractivity contribution in [2.24, 2.45) is 5.92 Å². The Morgan fingerprint density at radius 3 is 2.00 bits per heavy atom. The lowest BCUT2D eigenvalue weighted by Gasteiger charge is -2.21. The van der Waals surface area contributed by atoms with Crippen molar-refractivity contribution in [2.75, 3.05) is 6.54 Å². The number of alkyl carbamates (subject to hydrolysis) is 1. The number of nitrogens with one attached hydrogen (secondary N) is 1. The SMILES string of the molecule is C=C(CCNC(=O)OC(C)(C)C)n1c(C(O)C(C)C)nc(C)c1C.CC.CC.CC. The van der Waals surface area contributed by atoms with Gasteiger partial charge in [-0.25, -0.2) is 9.78 Å². The van der Waals surface area contributed by atoms with Gasteiger partial charge in [-0.05, 0) is 40.5 Å². The molecule has 0 aliphatic heterocycles. The summed E-state index contributed by atoms with van der Waals surface area (Å²) in [6.07, 6.45) is -0.572. The van der Waals surface area contributed by atoms with E-state index in [-0.39, 0.29) is 5.92 Å². The van der Waals surface area contributed by atoms with E-state index in [1.807, 2.05) is 94.6 Å². The minimum absolute atomic E-state index is 0.0534. The van der Waals surface area contributed by atoms with Crippen LogP contribution in [-0.4, -0.2) is 32.9 Å². The summed E-state index contributed by atoms with van der Waals surface area (Å²) >= 11 is 0. The van der Waals surface area contributed by atoms with Crippen LogP contribution in [0.5, 0.6) is 0 Å². The number of rotatable bonds is 6. The molecular weight excluding hydrogens is 378 g/mol. The summed E-state index contributed by atoms with van der Waals surface area (Å²) in [6, 6.07) is 0. The second-order valence-electron chi connectivity index (χ2n) is 7.41. The zero-order chi connectivity index (χ0) is 24.7. The van der Waals surface area contributed by atoms with Crippen molar-refractivity contribution in [3.63, 3.8) is 0 Å². The van der Waals surface area contributed by atoms with Gasteiger partial charge in [-0.3, -0.25) is 0 Å². The van der Waals surface area contributed by atoms with E-state index < -0.39 is 17.8 Å². The molecule has 0 fully saturated rings. The van der Waals surface area contributed by atoms with Gasteiger partial charge in [-0.2, -0.15) is 0 Å². The van der Waals surface area contributed by atoms with Gasteiger partial charge < -0.3 is 19.7 Å². The van der Waals surface area contributed by atoms with Crippen LogP contribution in [0.15, 0.2) is 6.58 Å². The van der Waals surface area contributed by atoms with Crippen LogP contribution in [-0.2, 0) is 4.74 Å². The Hall–Kier alpha value is -1.82. The lowest BCUT2D eigenvalue weighted by molar-refractivity contribution is 0.0529. The molecule has 1 unspecified atom stereocenters. The second-order valence-corrected chi connectivity index (χ2v) is 7.41. The zero-order valence-electron chi connectivity index (χ0n) is 21.9. The largest absolute Gasteiger partial charge is 0.444 e. The van der Waals surface area contributed by atoms with E-state index in [9.17, 15) is 9.90 Å². The first-order valence-corrected chi connectivity index (χ1v) is 11.3. The van der Waals surface area contributed by atoms with Gasteiger partial charge in [-0.1, -0.05) is 62.0 Å². The summed E-state index contributed by atoms with van der Waals surface area (Å²) in [4.78, 5) is 16.2. The second kappa shape index (κ2) is 16.9. The Labute approximate surface area is 186 Å². The highest BCUT2D eigenvalue weighted by Gasteiger charge is 2.22. The van der Waals surface area contributed by atoms with Crippen molar-refractivity contribution in [3.8, 4) is 0 Å². The molecule has 1 amide bonds. The summed E-state index contributed by atoms with van der Waals surface area (Å²) < 4.78 is 7.09. The molecule has 30 heavy (non-hydrogen) atoms. The van der Waals surface area contributed by atoms with E-state index in [2.05, 4.69) is 16.9 Å². The number of imidazole rings is 1. The van der Waals surface area contributed by atoms with E-state index in [0.717, 1.165) is 17.1 Å². The molecule has 0 aliphatic rings. The van der Waals surface area contributed by atoms with Crippen LogP contribution in [0, 0.1) is 19.8 Å². The summed E-state index contributed by atoms with van der Waals surface area (Å²) in [6.45, 7) is 29.7. The zero-order valence-corrected chi connectivity index (χ0v) is 21.9. The van der Waals surface area contributed by atoms with E-state index in [1.165, 1.54) is 0 Å². The number of nitrogens with zero attached hydrogens (tertiary/aromatic N) is 2. The van der Waals surface area contributed by atoms with Gasteiger partial charge in [0.05, 0.1) is 5.69 Å². The Bertz CT molecular complexity index is 600. The third kappa shape index (κ3) is 12.0. The van der Waals surface area contributed by atoms with Gasteiger partial charge in [-0.15, -0.1) is 0 Å². The number of carbonyl (C=O) groups is 1. The molecule has 178 valence electrons. The van der Waals surface area contributed by atoms with Crippen LogP contribution in [0.2, 0.25) is 0 Å². The molecule has 1 rings (SSSR count). The monoisotopic (exact) mass is 427 g/mol. The average molecular weight is 428 g/mol. The lowest BCUT2D eigenvalue weighted by Crippen LogP contribution is -2.33. The van der Waals surface area contributed by atoms with Crippen LogP contribution >= 0.6 is 0 Å². The fraction of sp³-hybridized carbons (Fsp3) is 0.750. The number of aryl methyl sites for hydroxylation is 1. The number of ether oxygens (including phenoxy) is 1. The van der Waals surface area contributed by atoms with Crippen molar-refractivity contribution < 1.29 is 14.6 Å². The summed E-state index contributed by atoms with van der Waals surface area (Å²) in [5.41, 5.74) is 2.07. The topological polar surface area (TPSA) is 76.4 Å². The number of hydrogen-bond acceptors (Lipinski definition) is 4. The van der Waals surface area contributed by atoms with Gasteiger partial charge in [0.25, 0.3) is 0 Å². The van der Waals surface area contributed by atoms with Gasteiger partial charge >= 0.3 is 6.09 Å². The molecule has 0 bridgehead atoms. The van der Waals surface area contributed by atoms with Crippen LogP contribution in [0.1, 0.15) is 106 Å². The molecule has 1 heterocycles. The van der Waals surface area contributed by atoms with E-state index in [1.54, 1.807) is 0 Å². The predicted octanol–water partition coefficient (Wildman–Crippen LogP) is 6.65. The van der Waals surface area contributed by atoms with Crippen molar-refractivity contribution in [1.29, 1.82) is 0 Å². The normalized spacial score (nSPS) is 11.0. The fourth-order valence-electron chi connectivity index (χ4n) is 2.27. The van der Waals surface area contributed by atoms with Crippen LogP contribution < -0.4 is 5.32 Å². The smallest absolute Gasteiger partial charge is 0.407 e. The highest BCUT2D eigenvalue weighted by molar-refractivity contribution is 5.67. The molecule has 1 aromatic heterocycles. The molecule has 2 N–H and O–H groups in total. The molecule has 6 nitrogen and oxygen atoms in total. The molecular formula is C24H49N3O3. The highest BCUT2D eigenvalue weighted by Crippen LogP contribution is 2.26. The molecule has 0 radical (unpaired) electrons. The summed E-state index contributed by atoms with van der Waals surface area (Å²) in [5, 5.41) is 13.1. The van der Waals surface area contributed by atoms with Crippen LogP contribution in [0.25, 0.3) is 5.70 Å². The molecule has 0 spiro atoms.